The highest BCUT2D eigenvalue weighted by Crippen LogP contribution is 2.22. The highest BCUT2D eigenvalue weighted by Gasteiger charge is 2.20. The van der Waals surface area contributed by atoms with E-state index in [4.69, 9.17) is 11.1 Å². The molecule has 0 spiro atoms. The summed E-state index contributed by atoms with van der Waals surface area (Å²) in [7, 11) is 0. The Morgan fingerprint density at radius 2 is 2.00 bits per heavy atom. The fraction of sp³-hybridized carbons (Fsp3) is 0.900. The third-order valence-corrected chi connectivity index (χ3v) is 2.79. The van der Waals surface area contributed by atoms with E-state index in [9.17, 15) is 0 Å². The van der Waals surface area contributed by atoms with Crippen molar-refractivity contribution < 1.29 is 0 Å². The average Bonchev–Trinajstić information content (AvgIpc) is 2.15. The van der Waals surface area contributed by atoms with E-state index in [1.165, 1.54) is 32.1 Å². The smallest absolute Gasteiger partial charge is 0.188 e. The Balaban J connectivity index is 2.46. The zero-order valence-electron chi connectivity index (χ0n) is 8.55. The molecular weight excluding hydrogens is 162 g/mol. The van der Waals surface area contributed by atoms with E-state index in [-0.39, 0.29) is 5.96 Å². The molecule has 1 fully saturated rings. The predicted octanol–water partition coefficient (Wildman–Crippen LogP) is 1.92. The van der Waals surface area contributed by atoms with Crippen molar-refractivity contribution in [3.63, 3.8) is 0 Å². The van der Waals surface area contributed by atoms with Gasteiger partial charge in [-0.25, -0.2) is 0 Å². The van der Waals surface area contributed by atoms with Gasteiger partial charge < -0.3 is 10.6 Å². The first kappa shape index (κ1) is 10.4. The highest BCUT2D eigenvalue weighted by atomic mass is 15.2. The van der Waals surface area contributed by atoms with E-state index >= 15 is 0 Å². The second kappa shape index (κ2) is 5.10. The van der Waals surface area contributed by atoms with Crippen LogP contribution in [-0.4, -0.2) is 23.4 Å². The van der Waals surface area contributed by atoms with Gasteiger partial charge in [0, 0.05) is 12.6 Å². The van der Waals surface area contributed by atoms with Gasteiger partial charge in [0.1, 0.15) is 0 Å². The lowest BCUT2D eigenvalue weighted by molar-refractivity contribution is 0.240. The summed E-state index contributed by atoms with van der Waals surface area (Å²) in [4.78, 5) is 2.07. The Bertz CT molecular complexity index is 162. The molecule has 0 aromatic carbocycles. The van der Waals surface area contributed by atoms with Crippen LogP contribution in [0.1, 0.15) is 45.4 Å². The second-order valence-electron chi connectivity index (χ2n) is 3.87. The number of rotatable bonds is 3. The maximum absolute atomic E-state index is 7.49. The molecule has 76 valence electrons. The molecule has 0 saturated heterocycles. The van der Waals surface area contributed by atoms with Crippen molar-refractivity contribution in [2.45, 2.75) is 51.5 Å². The van der Waals surface area contributed by atoms with E-state index in [0.29, 0.717) is 6.04 Å². The normalized spacial score (nSPS) is 18.5. The quantitative estimate of drug-likeness (QED) is 0.519. The fourth-order valence-corrected chi connectivity index (χ4v) is 2.13. The first-order chi connectivity index (χ1) is 6.25. The molecule has 0 atom stereocenters. The van der Waals surface area contributed by atoms with E-state index in [2.05, 4.69) is 11.8 Å². The van der Waals surface area contributed by atoms with Crippen molar-refractivity contribution in [3.8, 4) is 0 Å². The number of hydrogen-bond donors (Lipinski definition) is 2. The van der Waals surface area contributed by atoms with Gasteiger partial charge in [-0.15, -0.1) is 0 Å². The molecule has 1 rings (SSSR count). The van der Waals surface area contributed by atoms with Gasteiger partial charge in [-0.2, -0.15) is 0 Å². The van der Waals surface area contributed by atoms with Crippen LogP contribution in [0.3, 0.4) is 0 Å². The van der Waals surface area contributed by atoms with Crippen molar-refractivity contribution in [2.24, 2.45) is 5.73 Å². The molecule has 0 aromatic heterocycles. The average molecular weight is 183 g/mol. The molecule has 0 bridgehead atoms. The van der Waals surface area contributed by atoms with Gasteiger partial charge >= 0.3 is 0 Å². The van der Waals surface area contributed by atoms with Gasteiger partial charge in [0.2, 0.25) is 0 Å². The van der Waals surface area contributed by atoms with E-state index in [1.807, 2.05) is 0 Å². The maximum Gasteiger partial charge on any atom is 0.188 e. The zero-order chi connectivity index (χ0) is 9.68. The topological polar surface area (TPSA) is 53.1 Å². The molecule has 1 aliphatic rings. The maximum atomic E-state index is 7.49. The van der Waals surface area contributed by atoms with Crippen LogP contribution in [0.5, 0.6) is 0 Å². The lowest BCUT2D eigenvalue weighted by Gasteiger charge is -2.34. The monoisotopic (exact) mass is 183 g/mol. The molecule has 1 saturated carbocycles. The summed E-state index contributed by atoms with van der Waals surface area (Å²) in [5, 5.41) is 7.49. The summed E-state index contributed by atoms with van der Waals surface area (Å²) in [6.45, 7) is 3.08. The van der Waals surface area contributed by atoms with Crippen LogP contribution in [0.2, 0.25) is 0 Å². The first-order valence-electron chi connectivity index (χ1n) is 5.36. The molecule has 0 unspecified atom stereocenters. The Kier molecular flexibility index (Phi) is 4.06. The number of nitrogens with zero attached hydrogens (tertiary/aromatic N) is 1. The largest absolute Gasteiger partial charge is 0.370 e. The Morgan fingerprint density at radius 3 is 2.46 bits per heavy atom. The Labute approximate surface area is 80.8 Å². The van der Waals surface area contributed by atoms with E-state index < -0.39 is 0 Å². The van der Waals surface area contributed by atoms with Crippen LogP contribution >= 0.6 is 0 Å². The van der Waals surface area contributed by atoms with Crippen molar-refractivity contribution in [1.29, 1.82) is 5.41 Å². The second-order valence-corrected chi connectivity index (χ2v) is 3.87. The van der Waals surface area contributed by atoms with Crippen LogP contribution in [0.25, 0.3) is 0 Å². The van der Waals surface area contributed by atoms with Crippen molar-refractivity contribution in [3.05, 3.63) is 0 Å². The molecular formula is C10H21N3. The molecule has 0 radical (unpaired) electrons. The molecule has 0 heterocycles. The van der Waals surface area contributed by atoms with Gasteiger partial charge in [0.05, 0.1) is 0 Å². The van der Waals surface area contributed by atoms with Gasteiger partial charge in [0.25, 0.3) is 0 Å². The van der Waals surface area contributed by atoms with E-state index in [1.54, 1.807) is 0 Å². The van der Waals surface area contributed by atoms with Crippen molar-refractivity contribution in [1.82, 2.24) is 4.90 Å². The summed E-state index contributed by atoms with van der Waals surface area (Å²) >= 11 is 0. The SMILES string of the molecule is CCCN(C(=N)N)C1CCCCC1. The molecule has 1 aliphatic carbocycles. The minimum Gasteiger partial charge on any atom is -0.370 e. The van der Waals surface area contributed by atoms with E-state index in [0.717, 1.165) is 13.0 Å². The van der Waals surface area contributed by atoms with Gasteiger partial charge in [-0.1, -0.05) is 26.2 Å². The van der Waals surface area contributed by atoms with Crippen LogP contribution < -0.4 is 5.73 Å². The number of nitrogens with two attached hydrogens (primary N) is 1. The molecule has 0 aromatic rings. The molecule has 13 heavy (non-hydrogen) atoms. The summed E-state index contributed by atoms with van der Waals surface area (Å²) in [6, 6.07) is 0.547. The van der Waals surface area contributed by atoms with Crippen molar-refractivity contribution in [2.75, 3.05) is 6.54 Å². The molecule has 3 heteroatoms. The third kappa shape index (κ3) is 2.90. The van der Waals surface area contributed by atoms with Crippen LogP contribution in [0, 0.1) is 5.41 Å². The molecule has 3 nitrogen and oxygen atoms in total. The van der Waals surface area contributed by atoms with Gasteiger partial charge in [0.15, 0.2) is 5.96 Å². The molecule has 0 amide bonds. The minimum atomic E-state index is 0.258. The Morgan fingerprint density at radius 1 is 1.38 bits per heavy atom. The Hall–Kier alpha value is -0.730. The number of hydrogen-bond acceptors (Lipinski definition) is 1. The summed E-state index contributed by atoms with van der Waals surface area (Å²) in [5.41, 5.74) is 5.56. The highest BCUT2D eigenvalue weighted by molar-refractivity contribution is 5.74. The number of nitrogens with one attached hydrogen (secondary N) is 1. The summed E-state index contributed by atoms with van der Waals surface area (Å²) < 4.78 is 0. The molecule has 3 N–H and O–H groups in total. The third-order valence-electron chi connectivity index (χ3n) is 2.79. The first-order valence-corrected chi connectivity index (χ1v) is 5.36. The lowest BCUT2D eigenvalue weighted by atomic mass is 9.94. The van der Waals surface area contributed by atoms with Gasteiger partial charge in [-0.3, -0.25) is 5.41 Å². The minimum absolute atomic E-state index is 0.258. The predicted molar refractivity (Wildman–Crippen MR) is 55.8 cm³/mol. The fourth-order valence-electron chi connectivity index (χ4n) is 2.13. The zero-order valence-corrected chi connectivity index (χ0v) is 8.55. The standard InChI is InChI=1S/C10H21N3/c1-2-8-13(10(11)12)9-6-4-3-5-7-9/h9H,2-8H2,1H3,(H3,11,12). The van der Waals surface area contributed by atoms with Crippen LogP contribution in [0.15, 0.2) is 0 Å². The number of guanidine groups is 1. The van der Waals surface area contributed by atoms with Crippen molar-refractivity contribution >= 4 is 5.96 Å². The summed E-state index contributed by atoms with van der Waals surface area (Å²) in [6.07, 6.45) is 7.49. The van der Waals surface area contributed by atoms with Crippen LogP contribution in [0.4, 0.5) is 0 Å². The van der Waals surface area contributed by atoms with Gasteiger partial charge in [-0.05, 0) is 19.3 Å². The molecule has 0 aliphatic heterocycles. The lowest BCUT2D eigenvalue weighted by Crippen LogP contribution is -2.45. The summed E-state index contributed by atoms with van der Waals surface area (Å²) in [5.74, 6) is 0.258. The van der Waals surface area contributed by atoms with Crippen LogP contribution in [-0.2, 0) is 0 Å².